The highest BCUT2D eigenvalue weighted by Gasteiger charge is 2.11. The lowest BCUT2D eigenvalue weighted by molar-refractivity contribution is -0.384. The zero-order chi connectivity index (χ0) is 11.0. The number of aromatic nitrogens is 1. The number of nitro groups is 1. The van der Waals surface area contributed by atoms with Crippen LogP contribution in [0.2, 0.25) is 0 Å². The number of nitrogen functional groups attached to an aromatic ring is 1. The third-order valence-corrected chi connectivity index (χ3v) is 2.49. The highest BCUT2D eigenvalue weighted by molar-refractivity contribution is 5.89. The minimum absolute atomic E-state index is 0.0754. The number of fused-ring (bicyclic) bond motifs is 1. The molecule has 0 unspecified atom stereocenters. The number of benzene rings is 1. The fourth-order valence-corrected chi connectivity index (χ4v) is 1.76. The van der Waals surface area contributed by atoms with Crippen molar-refractivity contribution in [3.05, 3.63) is 33.9 Å². The quantitative estimate of drug-likeness (QED) is 0.582. The summed E-state index contributed by atoms with van der Waals surface area (Å²) in [5.74, 6) is 0.591. The standard InChI is InChI=1S/C10H11N3O2/c1-2-7-8-4-3-6(13(14)15)5-9(8)12-10(7)11/h3-5,12H,2,11H2,1H3. The third-order valence-electron chi connectivity index (χ3n) is 2.49. The van der Waals surface area contributed by atoms with Crippen LogP contribution in [0.1, 0.15) is 12.5 Å². The number of nitro benzene ring substituents is 1. The van der Waals surface area contributed by atoms with Gasteiger partial charge >= 0.3 is 0 Å². The molecule has 0 saturated heterocycles. The average molecular weight is 205 g/mol. The molecule has 1 aromatic carbocycles. The maximum Gasteiger partial charge on any atom is 0.271 e. The van der Waals surface area contributed by atoms with E-state index in [1.807, 2.05) is 6.92 Å². The molecule has 2 rings (SSSR count). The largest absolute Gasteiger partial charge is 0.385 e. The van der Waals surface area contributed by atoms with Crippen LogP contribution < -0.4 is 5.73 Å². The van der Waals surface area contributed by atoms with Gasteiger partial charge in [0.2, 0.25) is 0 Å². The molecule has 0 aliphatic rings. The molecule has 3 N–H and O–H groups in total. The summed E-state index contributed by atoms with van der Waals surface area (Å²) in [4.78, 5) is 13.1. The molecular weight excluding hydrogens is 194 g/mol. The smallest absolute Gasteiger partial charge is 0.271 e. The summed E-state index contributed by atoms with van der Waals surface area (Å²) in [5, 5.41) is 11.5. The average Bonchev–Trinajstić information content (AvgIpc) is 2.51. The van der Waals surface area contributed by atoms with Crippen LogP contribution in [-0.4, -0.2) is 9.91 Å². The minimum Gasteiger partial charge on any atom is -0.385 e. The zero-order valence-corrected chi connectivity index (χ0v) is 8.28. The van der Waals surface area contributed by atoms with Gasteiger partial charge in [0.05, 0.1) is 10.4 Å². The van der Waals surface area contributed by atoms with Crippen molar-refractivity contribution in [1.82, 2.24) is 4.98 Å². The fraction of sp³-hybridized carbons (Fsp3) is 0.200. The van der Waals surface area contributed by atoms with Crippen LogP contribution in [-0.2, 0) is 6.42 Å². The summed E-state index contributed by atoms with van der Waals surface area (Å²) in [6.45, 7) is 2.00. The Morgan fingerprint density at radius 2 is 2.27 bits per heavy atom. The third kappa shape index (κ3) is 1.41. The molecule has 0 bridgehead atoms. The van der Waals surface area contributed by atoms with Crippen molar-refractivity contribution in [3.8, 4) is 0 Å². The molecule has 1 aromatic heterocycles. The predicted molar refractivity (Wildman–Crippen MR) is 58.7 cm³/mol. The van der Waals surface area contributed by atoms with E-state index in [1.54, 1.807) is 6.07 Å². The highest BCUT2D eigenvalue weighted by atomic mass is 16.6. The lowest BCUT2D eigenvalue weighted by Gasteiger charge is -1.94. The number of nitrogens with zero attached hydrogens (tertiary/aromatic N) is 1. The Labute approximate surface area is 86.0 Å². The topological polar surface area (TPSA) is 85.0 Å². The minimum atomic E-state index is -0.415. The summed E-state index contributed by atoms with van der Waals surface area (Å²) in [6, 6.07) is 4.73. The predicted octanol–water partition coefficient (Wildman–Crippen LogP) is 2.22. The first-order chi connectivity index (χ1) is 7.13. The van der Waals surface area contributed by atoms with Crippen molar-refractivity contribution >= 4 is 22.4 Å². The van der Waals surface area contributed by atoms with Gasteiger partial charge in [-0.15, -0.1) is 0 Å². The van der Waals surface area contributed by atoms with Gasteiger partial charge in [-0.25, -0.2) is 0 Å². The van der Waals surface area contributed by atoms with E-state index in [9.17, 15) is 10.1 Å². The van der Waals surface area contributed by atoms with Crippen molar-refractivity contribution in [1.29, 1.82) is 0 Å². The molecule has 5 nitrogen and oxygen atoms in total. The van der Waals surface area contributed by atoms with Crippen LogP contribution in [0, 0.1) is 10.1 Å². The van der Waals surface area contributed by atoms with E-state index >= 15 is 0 Å². The van der Waals surface area contributed by atoms with Crippen molar-refractivity contribution in [2.45, 2.75) is 13.3 Å². The molecule has 5 heteroatoms. The second-order valence-electron chi connectivity index (χ2n) is 3.36. The monoisotopic (exact) mass is 205 g/mol. The van der Waals surface area contributed by atoms with Gasteiger partial charge in [-0.05, 0) is 12.5 Å². The molecule has 0 atom stereocenters. The fourth-order valence-electron chi connectivity index (χ4n) is 1.76. The van der Waals surface area contributed by atoms with E-state index in [0.717, 1.165) is 22.9 Å². The second-order valence-corrected chi connectivity index (χ2v) is 3.36. The Kier molecular flexibility index (Phi) is 2.07. The van der Waals surface area contributed by atoms with Gasteiger partial charge in [0.15, 0.2) is 0 Å². The molecule has 0 saturated carbocycles. The summed E-state index contributed by atoms with van der Waals surface area (Å²) in [6.07, 6.45) is 0.809. The van der Waals surface area contributed by atoms with Crippen LogP contribution in [0.25, 0.3) is 10.9 Å². The number of nitrogens with one attached hydrogen (secondary N) is 1. The number of rotatable bonds is 2. The van der Waals surface area contributed by atoms with Crippen molar-refractivity contribution < 1.29 is 4.92 Å². The van der Waals surface area contributed by atoms with E-state index in [4.69, 9.17) is 5.73 Å². The maximum atomic E-state index is 10.6. The molecule has 0 amide bonds. The van der Waals surface area contributed by atoms with Gasteiger partial charge < -0.3 is 10.7 Å². The number of aromatic amines is 1. The van der Waals surface area contributed by atoms with Crippen molar-refractivity contribution in [3.63, 3.8) is 0 Å². The van der Waals surface area contributed by atoms with Crippen LogP contribution in [0.5, 0.6) is 0 Å². The number of H-pyrrole nitrogens is 1. The number of hydrogen-bond donors (Lipinski definition) is 2. The Morgan fingerprint density at radius 3 is 2.87 bits per heavy atom. The highest BCUT2D eigenvalue weighted by Crippen LogP contribution is 2.27. The van der Waals surface area contributed by atoms with Crippen LogP contribution >= 0.6 is 0 Å². The number of anilines is 1. The Hall–Kier alpha value is -2.04. The normalized spacial score (nSPS) is 10.7. The van der Waals surface area contributed by atoms with Gasteiger partial charge in [0, 0.05) is 23.1 Å². The number of hydrogen-bond acceptors (Lipinski definition) is 3. The summed E-state index contributed by atoms with van der Waals surface area (Å²) in [5.41, 5.74) is 7.57. The van der Waals surface area contributed by atoms with Crippen LogP contribution in [0.15, 0.2) is 18.2 Å². The Bertz CT molecular complexity index is 531. The molecule has 0 aliphatic carbocycles. The molecule has 0 fully saturated rings. The second kappa shape index (κ2) is 3.27. The molecule has 15 heavy (non-hydrogen) atoms. The molecular formula is C10H11N3O2. The van der Waals surface area contributed by atoms with Gasteiger partial charge in [-0.2, -0.15) is 0 Å². The summed E-state index contributed by atoms with van der Waals surface area (Å²) in [7, 11) is 0. The van der Waals surface area contributed by atoms with Crippen LogP contribution in [0.4, 0.5) is 11.5 Å². The first-order valence-corrected chi connectivity index (χ1v) is 4.68. The molecule has 1 heterocycles. The summed E-state index contributed by atoms with van der Waals surface area (Å²) >= 11 is 0. The number of nitrogens with two attached hydrogens (primary N) is 1. The maximum absolute atomic E-state index is 10.6. The SMILES string of the molecule is CCc1c(N)[nH]c2cc([N+](=O)[O-])ccc12. The first-order valence-electron chi connectivity index (χ1n) is 4.68. The van der Waals surface area contributed by atoms with Gasteiger partial charge in [-0.1, -0.05) is 6.92 Å². The Morgan fingerprint density at radius 1 is 1.53 bits per heavy atom. The van der Waals surface area contributed by atoms with Crippen molar-refractivity contribution in [2.24, 2.45) is 0 Å². The molecule has 0 radical (unpaired) electrons. The number of aryl methyl sites for hydroxylation is 1. The molecule has 0 spiro atoms. The molecule has 2 aromatic rings. The van der Waals surface area contributed by atoms with E-state index in [0.29, 0.717) is 5.82 Å². The van der Waals surface area contributed by atoms with E-state index in [-0.39, 0.29) is 5.69 Å². The summed E-state index contributed by atoms with van der Waals surface area (Å²) < 4.78 is 0. The van der Waals surface area contributed by atoms with E-state index < -0.39 is 4.92 Å². The number of non-ortho nitro benzene ring substituents is 1. The zero-order valence-electron chi connectivity index (χ0n) is 8.28. The lowest BCUT2D eigenvalue weighted by Crippen LogP contribution is -1.88. The molecule has 78 valence electrons. The first kappa shape index (κ1) is 9.51. The van der Waals surface area contributed by atoms with E-state index in [1.165, 1.54) is 12.1 Å². The molecule has 0 aliphatic heterocycles. The van der Waals surface area contributed by atoms with Crippen molar-refractivity contribution in [2.75, 3.05) is 5.73 Å². The van der Waals surface area contributed by atoms with E-state index in [2.05, 4.69) is 4.98 Å². The van der Waals surface area contributed by atoms with Gasteiger partial charge in [0.1, 0.15) is 5.82 Å². The van der Waals surface area contributed by atoms with Crippen LogP contribution in [0.3, 0.4) is 0 Å². The Balaban J connectivity index is 2.69. The lowest BCUT2D eigenvalue weighted by atomic mass is 10.1. The van der Waals surface area contributed by atoms with Gasteiger partial charge in [0.25, 0.3) is 5.69 Å². The van der Waals surface area contributed by atoms with Gasteiger partial charge in [-0.3, -0.25) is 10.1 Å².